The molecule has 1 heterocycles. The van der Waals surface area contributed by atoms with Gasteiger partial charge in [0.25, 0.3) is 0 Å². The van der Waals surface area contributed by atoms with Gasteiger partial charge in [-0.25, -0.2) is 0 Å². The molecule has 0 N–H and O–H groups in total. The van der Waals surface area contributed by atoms with Crippen LogP contribution >= 0.6 is 0 Å². The third kappa shape index (κ3) is 2.47. The Morgan fingerprint density at radius 1 is 1.00 bits per heavy atom. The maximum Gasteiger partial charge on any atom is 0.351 e. The topological polar surface area (TPSA) is 27.7 Å². The normalized spacial score (nSPS) is 36.5. The highest BCUT2D eigenvalue weighted by molar-refractivity contribution is 6.90. The molecule has 1 aliphatic heterocycles. The molecule has 82 valence electrons. The molecule has 2 atom stereocenters. The van der Waals surface area contributed by atoms with Crippen LogP contribution in [-0.2, 0) is 12.3 Å². The van der Waals surface area contributed by atoms with Crippen LogP contribution in [0, 0.1) is 0 Å². The van der Waals surface area contributed by atoms with Gasteiger partial charge in [0.05, 0.1) is 0 Å². The summed E-state index contributed by atoms with van der Waals surface area (Å²) in [5.41, 5.74) is 0. The van der Waals surface area contributed by atoms with E-state index in [2.05, 4.69) is 31.8 Å². The largest absolute Gasteiger partial charge is 0.420 e. The third-order valence-electron chi connectivity index (χ3n) is 2.46. The summed E-state index contributed by atoms with van der Waals surface area (Å²) in [4.78, 5) is 0. The molecular weight excluding hydrogens is 240 g/mol. The molecule has 1 aromatic rings. The molecular formula is C9H16O3Si3. The number of hydrogen-bond acceptors (Lipinski definition) is 3. The van der Waals surface area contributed by atoms with Gasteiger partial charge in [0.15, 0.2) is 0 Å². The lowest BCUT2D eigenvalue weighted by Crippen LogP contribution is -2.61. The Balaban J connectivity index is 2.26. The minimum Gasteiger partial charge on any atom is -0.420 e. The highest BCUT2D eigenvalue weighted by Gasteiger charge is 2.42. The SMILES string of the molecule is C[SiH]1O[SiH](C)O[Si](C)(c2ccccc2)O1. The fraction of sp³-hybridized carbons (Fsp3) is 0.333. The van der Waals surface area contributed by atoms with Gasteiger partial charge in [0.1, 0.15) is 0 Å². The van der Waals surface area contributed by atoms with Crippen molar-refractivity contribution in [2.24, 2.45) is 0 Å². The van der Waals surface area contributed by atoms with Crippen molar-refractivity contribution < 1.29 is 12.3 Å². The van der Waals surface area contributed by atoms with Crippen LogP contribution in [0.5, 0.6) is 0 Å². The smallest absolute Gasteiger partial charge is 0.351 e. The molecule has 0 aromatic heterocycles. The van der Waals surface area contributed by atoms with Gasteiger partial charge in [-0.2, -0.15) is 0 Å². The Morgan fingerprint density at radius 3 is 2.07 bits per heavy atom. The third-order valence-corrected chi connectivity index (χ3v) is 13.2. The molecule has 0 radical (unpaired) electrons. The summed E-state index contributed by atoms with van der Waals surface area (Å²) >= 11 is 0. The molecule has 15 heavy (non-hydrogen) atoms. The van der Waals surface area contributed by atoms with Crippen LogP contribution in [-0.4, -0.2) is 27.1 Å². The van der Waals surface area contributed by atoms with E-state index in [1.165, 1.54) is 5.19 Å². The van der Waals surface area contributed by atoms with Gasteiger partial charge in [-0.1, -0.05) is 30.3 Å². The lowest BCUT2D eigenvalue weighted by Gasteiger charge is -2.38. The second kappa shape index (κ2) is 4.32. The van der Waals surface area contributed by atoms with E-state index in [4.69, 9.17) is 12.3 Å². The number of benzene rings is 1. The van der Waals surface area contributed by atoms with Crippen LogP contribution in [0.2, 0.25) is 19.6 Å². The maximum atomic E-state index is 6.00. The van der Waals surface area contributed by atoms with Crippen LogP contribution in [0.15, 0.2) is 30.3 Å². The van der Waals surface area contributed by atoms with Crippen LogP contribution in [0.4, 0.5) is 0 Å². The Bertz CT molecular complexity index is 323. The van der Waals surface area contributed by atoms with E-state index in [1.54, 1.807) is 0 Å². The minimum atomic E-state index is -2.14. The van der Waals surface area contributed by atoms with Gasteiger partial charge in [0, 0.05) is 0 Å². The van der Waals surface area contributed by atoms with Crippen molar-refractivity contribution in [2.75, 3.05) is 0 Å². The molecule has 2 unspecified atom stereocenters. The van der Waals surface area contributed by atoms with E-state index in [1.807, 2.05) is 18.2 Å². The Morgan fingerprint density at radius 2 is 1.53 bits per heavy atom. The minimum absolute atomic E-state index is 1.21. The summed E-state index contributed by atoms with van der Waals surface area (Å²) in [6.07, 6.45) is 0. The Labute approximate surface area is 94.9 Å². The van der Waals surface area contributed by atoms with Gasteiger partial charge in [-0.3, -0.25) is 0 Å². The quantitative estimate of drug-likeness (QED) is 0.693. The van der Waals surface area contributed by atoms with Crippen molar-refractivity contribution in [1.29, 1.82) is 0 Å². The van der Waals surface area contributed by atoms with Gasteiger partial charge in [0.2, 0.25) is 0 Å². The molecule has 0 bridgehead atoms. The van der Waals surface area contributed by atoms with Crippen molar-refractivity contribution in [3.05, 3.63) is 30.3 Å². The molecule has 1 fully saturated rings. The first-order valence-corrected chi connectivity index (χ1v) is 11.7. The summed E-state index contributed by atoms with van der Waals surface area (Å²) in [6.45, 7) is 6.29. The lowest BCUT2D eigenvalue weighted by atomic mass is 10.4. The first-order chi connectivity index (χ1) is 7.10. The molecule has 1 aromatic carbocycles. The van der Waals surface area contributed by atoms with Crippen molar-refractivity contribution in [3.63, 3.8) is 0 Å². The molecule has 0 amide bonds. The lowest BCUT2D eigenvalue weighted by molar-refractivity contribution is 0.280. The summed E-state index contributed by atoms with van der Waals surface area (Å²) in [6, 6.07) is 10.3. The van der Waals surface area contributed by atoms with Gasteiger partial charge in [-0.05, 0) is 24.8 Å². The second-order valence-corrected chi connectivity index (χ2v) is 11.5. The van der Waals surface area contributed by atoms with Crippen molar-refractivity contribution in [3.8, 4) is 0 Å². The highest BCUT2D eigenvalue weighted by Crippen LogP contribution is 2.17. The molecule has 1 saturated heterocycles. The van der Waals surface area contributed by atoms with Crippen LogP contribution in [0.25, 0.3) is 0 Å². The first-order valence-electron chi connectivity index (χ1n) is 5.17. The monoisotopic (exact) mass is 256 g/mol. The predicted molar refractivity (Wildman–Crippen MR) is 67.0 cm³/mol. The van der Waals surface area contributed by atoms with Crippen molar-refractivity contribution >= 4 is 32.3 Å². The van der Waals surface area contributed by atoms with Gasteiger partial charge >= 0.3 is 27.1 Å². The van der Waals surface area contributed by atoms with E-state index in [0.717, 1.165) is 0 Å². The first kappa shape index (κ1) is 11.2. The van der Waals surface area contributed by atoms with Crippen LogP contribution in [0.3, 0.4) is 0 Å². The van der Waals surface area contributed by atoms with Crippen LogP contribution in [0.1, 0.15) is 0 Å². The standard InChI is InChI=1S/C9H16O3Si3/c1-13-10-14(2)12-15(3,11-13)9-7-5-4-6-8-9/h4-8,13-14H,1-3H3. The molecule has 6 heteroatoms. The van der Waals surface area contributed by atoms with E-state index >= 15 is 0 Å². The predicted octanol–water partition coefficient (Wildman–Crippen LogP) is 0.730. The fourth-order valence-electron chi connectivity index (χ4n) is 1.86. The van der Waals surface area contributed by atoms with Crippen molar-refractivity contribution in [1.82, 2.24) is 0 Å². The van der Waals surface area contributed by atoms with E-state index in [-0.39, 0.29) is 0 Å². The zero-order valence-electron chi connectivity index (χ0n) is 9.27. The van der Waals surface area contributed by atoms with E-state index in [9.17, 15) is 0 Å². The zero-order valence-corrected chi connectivity index (χ0v) is 12.6. The number of hydrogen-bond donors (Lipinski definition) is 0. The summed E-state index contributed by atoms with van der Waals surface area (Å²) in [5.74, 6) is 0. The average Bonchev–Trinajstić information content (AvgIpc) is 2.17. The second-order valence-electron chi connectivity index (χ2n) is 3.82. The maximum absolute atomic E-state index is 6.00. The summed E-state index contributed by atoms with van der Waals surface area (Å²) in [5, 5.41) is 1.21. The molecule has 1 aliphatic rings. The summed E-state index contributed by atoms with van der Waals surface area (Å²) < 4.78 is 17.7. The van der Waals surface area contributed by atoms with Gasteiger partial charge < -0.3 is 12.3 Å². The zero-order chi connectivity index (χ0) is 10.9. The fourth-order valence-corrected chi connectivity index (χ4v) is 13.1. The Hall–Kier alpha value is -0.249. The van der Waals surface area contributed by atoms with E-state index in [0.29, 0.717) is 0 Å². The number of rotatable bonds is 1. The van der Waals surface area contributed by atoms with E-state index < -0.39 is 27.1 Å². The molecule has 0 saturated carbocycles. The summed E-state index contributed by atoms with van der Waals surface area (Å²) in [7, 11) is -5.04. The van der Waals surface area contributed by atoms with Gasteiger partial charge in [-0.15, -0.1) is 0 Å². The molecule has 2 rings (SSSR count). The highest BCUT2D eigenvalue weighted by atomic mass is 28.5. The van der Waals surface area contributed by atoms with Crippen molar-refractivity contribution in [2.45, 2.75) is 19.6 Å². The Kier molecular flexibility index (Phi) is 3.24. The molecule has 0 spiro atoms. The average molecular weight is 256 g/mol. The molecule has 3 nitrogen and oxygen atoms in total. The van der Waals surface area contributed by atoms with Crippen LogP contribution < -0.4 is 5.19 Å². The molecule has 0 aliphatic carbocycles.